The summed E-state index contributed by atoms with van der Waals surface area (Å²) in [6.07, 6.45) is 7.48. The molecular formula is C12H22Cl2N4O. The fourth-order valence-corrected chi connectivity index (χ4v) is 2.34. The van der Waals surface area contributed by atoms with E-state index < -0.39 is 0 Å². The van der Waals surface area contributed by atoms with Crippen molar-refractivity contribution in [2.75, 3.05) is 0 Å². The summed E-state index contributed by atoms with van der Waals surface area (Å²) in [5, 5.41) is 2.94. The topological polar surface area (TPSA) is 72.9 Å². The number of rotatable bonds is 3. The third-order valence-electron chi connectivity index (χ3n) is 3.43. The number of aromatic nitrogens is 2. The number of nitrogens with one attached hydrogen (secondary N) is 1. The normalized spacial score (nSPS) is 22.0. The number of nitrogens with zero attached hydrogens (tertiary/aromatic N) is 2. The Kier molecular flexibility index (Phi) is 8.06. The highest BCUT2D eigenvalue weighted by atomic mass is 35.5. The maximum absolute atomic E-state index is 11.9. The number of hydrogen-bond donors (Lipinski definition) is 2. The second-order valence-electron chi connectivity index (χ2n) is 4.80. The molecule has 0 radical (unpaired) electrons. The van der Waals surface area contributed by atoms with Gasteiger partial charge in [0.15, 0.2) is 0 Å². The van der Waals surface area contributed by atoms with Gasteiger partial charge in [-0.05, 0) is 19.3 Å². The van der Waals surface area contributed by atoms with Crippen molar-refractivity contribution in [3.05, 3.63) is 18.2 Å². The summed E-state index contributed by atoms with van der Waals surface area (Å²) in [7, 11) is 1.92. The molecule has 1 fully saturated rings. The maximum atomic E-state index is 11.9. The summed E-state index contributed by atoms with van der Waals surface area (Å²) in [4.78, 5) is 16.1. The first-order valence-electron chi connectivity index (χ1n) is 6.16. The van der Waals surface area contributed by atoms with E-state index in [-0.39, 0.29) is 42.7 Å². The Hall–Kier alpha value is -0.780. The zero-order valence-electron chi connectivity index (χ0n) is 11.0. The highest BCUT2D eigenvalue weighted by Crippen LogP contribution is 2.23. The average molecular weight is 309 g/mol. The predicted octanol–water partition coefficient (Wildman–Crippen LogP) is 1.40. The molecule has 1 saturated carbocycles. The van der Waals surface area contributed by atoms with E-state index >= 15 is 0 Å². The molecule has 1 aliphatic rings. The van der Waals surface area contributed by atoms with Crippen molar-refractivity contribution < 1.29 is 4.79 Å². The van der Waals surface area contributed by atoms with Crippen LogP contribution in [0.3, 0.4) is 0 Å². The number of aryl methyl sites for hydroxylation is 1. The molecule has 0 aliphatic heterocycles. The van der Waals surface area contributed by atoms with E-state index in [1.807, 2.05) is 17.8 Å². The van der Waals surface area contributed by atoms with Gasteiger partial charge in [-0.25, -0.2) is 4.98 Å². The van der Waals surface area contributed by atoms with Crippen LogP contribution in [0.25, 0.3) is 0 Å². The zero-order valence-corrected chi connectivity index (χ0v) is 12.7. The minimum Gasteiger partial charge on any atom is -0.349 e. The number of carbonyl (C=O) groups is 1. The van der Waals surface area contributed by atoms with Crippen LogP contribution in [0.4, 0.5) is 0 Å². The van der Waals surface area contributed by atoms with Gasteiger partial charge >= 0.3 is 0 Å². The SMILES string of the molecule is Cl.Cl.Cn1ccnc1CNC(=O)C1CCCC(N)C1. The lowest BCUT2D eigenvalue weighted by Gasteiger charge is -2.25. The standard InChI is InChI=1S/C12H20N4O.2ClH/c1-16-6-5-14-11(16)8-15-12(17)9-3-2-4-10(13)7-9;;/h5-6,9-10H,2-4,7-8,13H2,1H3,(H,15,17);2*1H. The lowest BCUT2D eigenvalue weighted by atomic mass is 9.85. The van der Waals surface area contributed by atoms with Crippen molar-refractivity contribution in [3.63, 3.8) is 0 Å². The molecule has 1 aliphatic carbocycles. The van der Waals surface area contributed by atoms with Crippen LogP contribution in [-0.2, 0) is 18.4 Å². The van der Waals surface area contributed by atoms with E-state index in [2.05, 4.69) is 10.3 Å². The third-order valence-corrected chi connectivity index (χ3v) is 3.43. The summed E-state index contributed by atoms with van der Waals surface area (Å²) in [6, 6.07) is 0.188. The molecule has 2 rings (SSSR count). The minimum absolute atomic E-state index is 0. The van der Waals surface area contributed by atoms with Crippen molar-refractivity contribution in [1.29, 1.82) is 0 Å². The molecular weight excluding hydrogens is 287 g/mol. The van der Waals surface area contributed by atoms with Gasteiger partial charge in [-0.2, -0.15) is 0 Å². The van der Waals surface area contributed by atoms with E-state index in [1.165, 1.54) is 0 Å². The number of imidazole rings is 1. The van der Waals surface area contributed by atoms with Crippen LogP contribution in [0.1, 0.15) is 31.5 Å². The van der Waals surface area contributed by atoms with Gasteiger partial charge in [0.1, 0.15) is 5.82 Å². The maximum Gasteiger partial charge on any atom is 0.223 e. The smallest absolute Gasteiger partial charge is 0.223 e. The third kappa shape index (κ3) is 5.01. The van der Waals surface area contributed by atoms with Crippen LogP contribution in [0.15, 0.2) is 12.4 Å². The summed E-state index contributed by atoms with van der Waals surface area (Å²) < 4.78 is 1.91. The quantitative estimate of drug-likeness (QED) is 0.886. The lowest BCUT2D eigenvalue weighted by molar-refractivity contribution is -0.126. The molecule has 2 atom stereocenters. The molecule has 0 spiro atoms. The van der Waals surface area contributed by atoms with E-state index in [0.29, 0.717) is 6.54 Å². The van der Waals surface area contributed by atoms with E-state index in [0.717, 1.165) is 31.5 Å². The molecule has 7 heteroatoms. The van der Waals surface area contributed by atoms with Crippen LogP contribution < -0.4 is 11.1 Å². The van der Waals surface area contributed by atoms with Gasteiger partial charge in [0, 0.05) is 31.4 Å². The molecule has 3 N–H and O–H groups in total. The molecule has 1 heterocycles. The van der Waals surface area contributed by atoms with Gasteiger partial charge in [0.25, 0.3) is 0 Å². The Morgan fingerprint density at radius 3 is 2.84 bits per heavy atom. The Bertz CT molecular complexity index is 397. The Labute approximate surface area is 126 Å². The highest BCUT2D eigenvalue weighted by Gasteiger charge is 2.25. The molecule has 2 unspecified atom stereocenters. The summed E-state index contributed by atoms with van der Waals surface area (Å²) in [6.45, 7) is 0.494. The summed E-state index contributed by atoms with van der Waals surface area (Å²) in [5.74, 6) is 1.07. The number of halogens is 2. The van der Waals surface area contributed by atoms with Crippen LogP contribution >= 0.6 is 24.8 Å². The molecule has 1 aromatic heterocycles. The zero-order chi connectivity index (χ0) is 12.3. The van der Waals surface area contributed by atoms with Gasteiger partial charge in [-0.15, -0.1) is 24.8 Å². The summed E-state index contributed by atoms with van der Waals surface area (Å²) >= 11 is 0. The number of amides is 1. The first-order chi connectivity index (χ1) is 8.16. The van der Waals surface area contributed by atoms with Crippen LogP contribution in [0.5, 0.6) is 0 Å². The number of nitrogens with two attached hydrogens (primary N) is 1. The van der Waals surface area contributed by atoms with Crippen LogP contribution in [-0.4, -0.2) is 21.5 Å². The molecule has 19 heavy (non-hydrogen) atoms. The molecule has 110 valence electrons. The fourth-order valence-electron chi connectivity index (χ4n) is 2.34. The van der Waals surface area contributed by atoms with Crippen molar-refractivity contribution in [1.82, 2.24) is 14.9 Å². The van der Waals surface area contributed by atoms with Crippen molar-refractivity contribution in [3.8, 4) is 0 Å². The Balaban J connectivity index is 0.00000162. The van der Waals surface area contributed by atoms with Gasteiger partial charge in [-0.3, -0.25) is 4.79 Å². The monoisotopic (exact) mass is 308 g/mol. The second-order valence-corrected chi connectivity index (χ2v) is 4.80. The van der Waals surface area contributed by atoms with Crippen LogP contribution in [0, 0.1) is 5.92 Å². The van der Waals surface area contributed by atoms with E-state index in [1.54, 1.807) is 6.20 Å². The Morgan fingerprint density at radius 2 is 2.26 bits per heavy atom. The van der Waals surface area contributed by atoms with Gasteiger partial charge in [0.2, 0.25) is 5.91 Å². The molecule has 0 bridgehead atoms. The molecule has 0 aromatic carbocycles. The van der Waals surface area contributed by atoms with Gasteiger partial charge in [-0.1, -0.05) is 6.42 Å². The largest absolute Gasteiger partial charge is 0.349 e. The Morgan fingerprint density at radius 1 is 1.53 bits per heavy atom. The van der Waals surface area contributed by atoms with Gasteiger partial charge < -0.3 is 15.6 Å². The first-order valence-corrected chi connectivity index (χ1v) is 6.16. The van der Waals surface area contributed by atoms with Crippen molar-refractivity contribution in [2.24, 2.45) is 18.7 Å². The van der Waals surface area contributed by atoms with Crippen LogP contribution in [0.2, 0.25) is 0 Å². The number of hydrogen-bond acceptors (Lipinski definition) is 3. The van der Waals surface area contributed by atoms with Gasteiger partial charge in [0.05, 0.1) is 6.54 Å². The van der Waals surface area contributed by atoms with E-state index in [4.69, 9.17) is 5.73 Å². The lowest BCUT2D eigenvalue weighted by Crippen LogP contribution is -2.37. The molecule has 5 nitrogen and oxygen atoms in total. The molecule has 1 amide bonds. The number of carbonyl (C=O) groups excluding carboxylic acids is 1. The highest BCUT2D eigenvalue weighted by molar-refractivity contribution is 5.85. The summed E-state index contributed by atoms with van der Waals surface area (Å²) in [5.41, 5.74) is 5.88. The first kappa shape index (κ1) is 18.2. The average Bonchev–Trinajstić information content (AvgIpc) is 2.72. The fraction of sp³-hybridized carbons (Fsp3) is 0.667. The van der Waals surface area contributed by atoms with Crippen molar-refractivity contribution >= 4 is 30.7 Å². The second kappa shape index (κ2) is 8.40. The van der Waals surface area contributed by atoms with Crippen molar-refractivity contribution in [2.45, 2.75) is 38.3 Å². The van der Waals surface area contributed by atoms with E-state index in [9.17, 15) is 4.79 Å². The molecule has 1 aromatic rings. The predicted molar refractivity (Wildman–Crippen MR) is 79.5 cm³/mol. The molecule has 0 saturated heterocycles. The minimum atomic E-state index is 0.